The first kappa shape index (κ1) is 8.51. The zero-order valence-electron chi connectivity index (χ0n) is 8.58. The van der Waals surface area contributed by atoms with E-state index >= 15 is 0 Å². The first-order chi connectivity index (χ1) is 6.75. The molecule has 0 aromatic heterocycles. The van der Waals surface area contributed by atoms with Gasteiger partial charge in [-0.2, -0.15) is 0 Å². The second kappa shape index (κ2) is 2.62. The van der Waals surface area contributed by atoms with Gasteiger partial charge in [-0.15, -0.1) is 0 Å². The molecule has 1 aliphatic heterocycles. The minimum Gasteiger partial charge on any atom is -0.451 e. The fraction of sp³-hybridized carbons (Fsp3) is 0.750. The third-order valence-corrected chi connectivity index (χ3v) is 4.23. The molecule has 2 saturated carbocycles. The molecule has 14 heavy (non-hydrogen) atoms. The minimum absolute atomic E-state index is 0.115. The number of rotatable bonds is 0. The molecule has 0 aromatic rings. The lowest BCUT2D eigenvalue weighted by Crippen LogP contribution is -2.18. The van der Waals surface area contributed by atoms with Gasteiger partial charge in [-0.3, -0.25) is 0 Å². The number of ether oxygens (including phenoxy) is 1. The van der Waals surface area contributed by atoms with Crippen LogP contribution in [0.4, 0.5) is 0 Å². The standard InChI is InChI=1S/C12H16O2/c1-8-7-11(13)14-12(8)9-5-3-2-4-6-10(9)12/h7,9-10H,2-6H2,1H3. The van der Waals surface area contributed by atoms with Gasteiger partial charge in [-0.05, 0) is 25.3 Å². The molecule has 2 aliphatic carbocycles. The predicted octanol–water partition coefficient (Wildman–Crippen LogP) is 2.44. The Labute approximate surface area is 84.3 Å². The second-order valence-corrected chi connectivity index (χ2v) is 4.89. The topological polar surface area (TPSA) is 26.3 Å². The van der Waals surface area contributed by atoms with Crippen LogP contribution < -0.4 is 0 Å². The highest BCUT2D eigenvalue weighted by Gasteiger charge is 2.69. The van der Waals surface area contributed by atoms with Crippen molar-refractivity contribution in [2.24, 2.45) is 11.8 Å². The van der Waals surface area contributed by atoms with E-state index in [9.17, 15) is 4.79 Å². The van der Waals surface area contributed by atoms with Crippen LogP contribution in [0, 0.1) is 11.8 Å². The molecule has 0 bridgehead atoms. The minimum atomic E-state index is -0.127. The lowest BCUT2D eigenvalue weighted by Gasteiger charge is -2.14. The quantitative estimate of drug-likeness (QED) is 0.551. The van der Waals surface area contributed by atoms with Gasteiger partial charge >= 0.3 is 5.97 Å². The molecule has 2 nitrogen and oxygen atoms in total. The molecule has 0 radical (unpaired) electrons. The molecule has 3 rings (SSSR count). The van der Waals surface area contributed by atoms with E-state index in [4.69, 9.17) is 4.74 Å². The van der Waals surface area contributed by atoms with Crippen molar-refractivity contribution in [3.05, 3.63) is 11.6 Å². The van der Waals surface area contributed by atoms with Crippen molar-refractivity contribution in [3.8, 4) is 0 Å². The summed E-state index contributed by atoms with van der Waals surface area (Å²) in [4.78, 5) is 11.2. The predicted molar refractivity (Wildman–Crippen MR) is 52.6 cm³/mol. The number of carbonyl (C=O) groups excluding carboxylic acids is 1. The maximum atomic E-state index is 11.2. The zero-order valence-corrected chi connectivity index (χ0v) is 8.58. The second-order valence-electron chi connectivity index (χ2n) is 4.89. The van der Waals surface area contributed by atoms with Gasteiger partial charge in [-0.25, -0.2) is 4.79 Å². The summed E-state index contributed by atoms with van der Waals surface area (Å²) in [5.41, 5.74) is 1.05. The van der Waals surface area contributed by atoms with Crippen LogP contribution in [0.25, 0.3) is 0 Å². The lowest BCUT2D eigenvalue weighted by atomic mass is 10.0. The van der Waals surface area contributed by atoms with Crippen LogP contribution >= 0.6 is 0 Å². The van der Waals surface area contributed by atoms with Gasteiger partial charge in [0, 0.05) is 17.9 Å². The van der Waals surface area contributed by atoms with Crippen LogP contribution in [0.2, 0.25) is 0 Å². The van der Waals surface area contributed by atoms with Gasteiger partial charge in [-0.1, -0.05) is 19.3 Å². The molecule has 0 saturated heterocycles. The number of hydrogen-bond donors (Lipinski definition) is 0. The van der Waals surface area contributed by atoms with Gasteiger partial charge in [0.1, 0.15) is 5.60 Å². The van der Waals surface area contributed by atoms with Crippen molar-refractivity contribution in [1.82, 2.24) is 0 Å². The SMILES string of the molecule is CC1=CC(=O)OC12C1CCCCCC12. The summed E-state index contributed by atoms with van der Waals surface area (Å²) >= 11 is 0. The molecule has 2 unspecified atom stereocenters. The molecule has 0 amide bonds. The van der Waals surface area contributed by atoms with Crippen molar-refractivity contribution in [2.45, 2.75) is 44.6 Å². The number of hydrogen-bond acceptors (Lipinski definition) is 2. The van der Waals surface area contributed by atoms with Gasteiger partial charge in [0.2, 0.25) is 0 Å². The van der Waals surface area contributed by atoms with Crippen LogP contribution in [0.15, 0.2) is 11.6 Å². The van der Waals surface area contributed by atoms with Crippen LogP contribution in [-0.2, 0) is 9.53 Å². The number of esters is 1. The fourth-order valence-corrected chi connectivity index (χ4v) is 3.55. The Hall–Kier alpha value is -0.790. The number of fused-ring (bicyclic) bond motifs is 3. The van der Waals surface area contributed by atoms with E-state index in [-0.39, 0.29) is 11.6 Å². The summed E-state index contributed by atoms with van der Waals surface area (Å²) in [5, 5.41) is 0. The highest BCUT2D eigenvalue weighted by Crippen LogP contribution is 2.64. The van der Waals surface area contributed by atoms with Gasteiger partial charge in [0.15, 0.2) is 0 Å². The Balaban J connectivity index is 1.88. The summed E-state index contributed by atoms with van der Waals surface area (Å²) in [5.74, 6) is 1.18. The molecular weight excluding hydrogens is 176 g/mol. The molecule has 0 N–H and O–H groups in total. The summed E-state index contributed by atoms with van der Waals surface area (Å²) < 4.78 is 5.54. The molecule has 3 aliphatic rings. The first-order valence-corrected chi connectivity index (χ1v) is 5.67. The fourth-order valence-electron chi connectivity index (χ4n) is 3.55. The molecule has 76 valence electrons. The Morgan fingerprint density at radius 1 is 1.29 bits per heavy atom. The molecular formula is C12H16O2. The van der Waals surface area contributed by atoms with E-state index < -0.39 is 0 Å². The zero-order chi connectivity index (χ0) is 9.76. The Morgan fingerprint density at radius 3 is 2.43 bits per heavy atom. The van der Waals surface area contributed by atoms with Crippen molar-refractivity contribution in [3.63, 3.8) is 0 Å². The first-order valence-electron chi connectivity index (χ1n) is 5.67. The summed E-state index contributed by atoms with van der Waals surface area (Å²) in [7, 11) is 0. The molecule has 2 heteroatoms. The number of carbonyl (C=O) groups is 1. The van der Waals surface area contributed by atoms with E-state index in [1.54, 1.807) is 6.08 Å². The van der Waals surface area contributed by atoms with E-state index in [0.29, 0.717) is 11.8 Å². The highest BCUT2D eigenvalue weighted by atomic mass is 16.6. The lowest BCUT2D eigenvalue weighted by molar-refractivity contribution is -0.141. The normalized spacial score (nSPS) is 45.5. The summed E-state index contributed by atoms with van der Waals surface area (Å²) in [6.45, 7) is 2.06. The van der Waals surface area contributed by atoms with E-state index in [1.165, 1.54) is 37.7 Å². The third kappa shape index (κ3) is 0.891. The van der Waals surface area contributed by atoms with Crippen molar-refractivity contribution < 1.29 is 9.53 Å². The highest BCUT2D eigenvalue weighted by molar-refractivity contribution is 5.87. The van der Waals surface area contributed by atoms with Crippen molar-refractivity contribution >= 4 is 5.97 Å². The largest absolute Gasteiger partial charge is 0.451 e. The Morgan fingerprint density at radius 2 is 1.93 bits per heavy atom. The average molecular weight is 192 g/mol. The third-order valence-electron chi connectivity index (χ3n) is 4.23. The molecule has 0 aromatic carbocycles. The van der Waals surface area contributed by atoms with E-state index in [0.717, 1.165) is 0 Å². The molecule has 1 heterocycles. The molecule has 2 atom stereocenters. The van der Waals surface area contributed by atoms with Crippen molar-refractivity contribution in [1.29, 1.82) is 0 Å². The van der Waals surface area contributed by atoms with E-state index in [2.05, 4.69) is 6.92 Å². The maximum Gasteiger partial charge on any atom is 0.331 e. The Bertz CT molecular complexity index is 304. The van der Waals surface area contributed by atoms with Crippen LogP contribution in [0.3, 0.4) is 0 Å². The van der Waals surface area contributed by atoms with Gasteiger partial charge in [0.05, 0.1) is 0 Å². The van der Waals surface area contributed by atoms with Crippen molar-refractivity contribution in [2.75, 3.05) is 0 Å². The van der Waals surface area contributed by atoms with Crippen LogP contribution in [0.5, 0.6) is 0 Å². The van der Waals surface area contributed by atoms with Gasteiger partial charge < -0.3 is 4.74 Å². The van der Waals surface area contributed by atoms with E-state index in [1.807, 2.05) is 0 Å². The molecule has 2 fully saturated rings. The van der Waals surface area contributed by atoms with Crippen LogP contribution in [-0.4, -0.2) is 11.6 Å². The summed E-state index contributed by atoms with van der Waals surface area (Å²) in [6.07, 6.45) is 8.18. The maximum absolute atomic E-state index is 11.2. The van der Waals surface area contributed by atoms with Crippen LogP contribution in [0.1, 0.15) is 39.0 Å². The smallest absolute Gasteiger partial charge is 0.331 e. The molecule has 1 spiro atoms. The monoisotopic (exact) mass is 192 g/mol. The average Bonchev–Trinajstić information content (AvgIpc) is 2.71. The van der Waals surface area contributed by atoms with Gasteiger partial charge in [0.25, 0.3) is 0 Å². The Kier molecular flexibility index (Phi) is 1.59. The summed E-state index contributed by atoms with van der Waals surface area (Å²) in [6, 6.07) is 0.